The van der Waals surface area contributed by atoms with Crippen LogP contribution in [-0.2, 0) is 67.1 Å². The Kier molecular flexibility index (Phi) is 33.3. The quantitative estimate of drug-likeness (QED) is 0.123. The molecule has 508 valence electrons. The Labute approximate surface area is 533 Å². The van der Waals surface area contributed by atoms with E-state index >= 15 is 24.0 Å². The summed E-state index contributed by atoms with van der Waals surface area (Å²) in [5.74, 6) is -12.9. The number of Topliss-reactive ketones (excluding diaryl/α,β-unsaturated/α-hetero) is 3. The maximum Gasteiger partial charge on any atom is 0.302 e. The summed E-state index contributed by atoms with van der Waals surface area (Å²) in [6.07, 6.45) is 0.400. The Bertz CT molecular complexity index is 2460. The van der Waals surface area contributed by atoms with Crippen LogP contribution >= 0.6 is 0 Å². The van der Waals surface area contributed by atoms with Crippen molar-refractivity contribution in [2.24, 2.45) is 65.1 Å². The number of amides is 8. The molecule has 0 aliphatic carbocycles. The summed E-state index contributed by atoms with van der Waals surface area (Å²) >= 11 is 0. The molecule has 0 aromatic carbocycles. The summed E-state index contributed by atoms with van der Waals surface area (Å²) in [4.78, 5) is 196. The van der Waals surface area contributed by atoms with Gasteiger partial charge >= 0.3 is 5.97 Å². The summed E-state index contributed by atoms with van der Waals surface area (Å²) in [7, 11) is 10.1. The molecule has 1 fully saturated rings. The zero-order valence-electron chi connectivity index (χ0n) is 59.0. The van der Waals surface area contributed by atoms with Crippen LogP contribution in [0.25, 0.3) is 0 Å². The van der Waals surface area contributed by atoms with Crippen molar-refractivity contribution >= 4 is 76.9 Å². The number of rotatable bonds is 17. The van der Waals surface area contributed by atoms with E-state index in [4.69, 9.17) is 4.74 Å². The molecule has 0 aromatic rings. The molecule has 0 bridgehead atoms. The van der Waals surface area contributed by atoms with Gasteiger partial charge < -0.3 is 49.1 Å². The summed E-state index contributed by atoms with van der Waals surface area (Å²) in [6, 6.07) is -9.60. The molecule has 22 heteroatoms. The van der Waals surface area contributed by atoms with E-state index < -0.39 is 173 Å². The zero-order chi connectivity index (χ0) is 69.1. The fourth-order valence-electron chi connectivity index (χ4n) is 12.1. The largest absolute Gasteiger partial charge is 0.463 e. The Balaban J connectivity index is 4.49. The van der Waals surface area contributed by atoms with Crippen LogP contribution < -0.4 is 5.32 Å². The van der Waals surface area contributed by atoms with E-state index in [0.717, 1.165) is 18.1 Å². The van der Waals surface area contributed by atoms with Gasteiger partial charge in [-0.15, -0.1) is 0 Å². The van der Waals surface area contributed by atoms with Crippen molar-refractivity contribution in [1.82, 2.24) is 39.6 Å². The van der Waals surface area contributed by atoms with Crippen LogP contribution in [0.5, 0.6) is 0 Å². The fourth-order valence-corrected chi connectivity index (χ4v) is 12.1. The standard InChI is InChI=1S/C67H116N8O14/c1-26-48-34-57(80)59(45(16)43(14)27-28-76)75(25)67(88)58(42(12)13)74(24)65(86)53(32-40(8)9)72(22)64(85)52(31-39(6)7)71(21)61(82)46(17)68-60(81)44(15)33-55(78)50(29-37(2)3)69(19)63(84)49(41(10)11)35-56(79)51(30-38(4)5)70(20)66(87)54(36-89-47(18)77)73(23)62(48)83/h28,37-46,48-54,58-59H,26-27,29-36H2,1-25H3,(H,68,81)/t43-,44+,45-,46+,48+,49-,50-,51+,52-,53-,54-,58-,59-/m1/s1. The summed E-state index contributed by atoms with van der Waals surface area (Å²) < 4.78 is 5.42. The minimum atomic E-state index is -1.51. The molecule has 0 spiro atoms. The predicted molar refractivity (Wildman–Crippen MR) is 342 cm³/mol. The highest BCUT2D eigenvalue weighted by Gasteiger charge is 2.46. The zero-order valence-corrected chi connectivity index (χ0v) is 59.0. The van der Waals surface area contributed by atoms with Crippen LogP contribution in [0.4, 0.5) is 0 Å². The third-order valence-electron chi connectivity index (χ3n) is 18.0. The molecule has 22 nitrogen and oxygen atoms in total. The third kappa shape index (κ3) is 22.7. The molecule has 0 saturated carbocycles. The van der Waals surface area contributed by atoms with Crippen LogP contribution in [-0.4, -0.2) is 215 Å². The normalized spacial score (nSPS) is 27.1. The van der Waals surface area contributed by atoms with Gasteiger partial charge in [0.1, 0.15) is 43.1 Å². The van der Waals surface area contributed by atoms with Gasteiger partial charge in [-0.3, -0.25) is 57.5 Å². The Morgan fingerprint density at radius 2 is 0.876 bits per heavy atom. The smallest absolute Gasteiger partial charge is 0.302 e. The number of esters is 1. The van der Waals surface area contributed by atoms with Crippen molar-refractivity contribution in [1.29, 1.82) is 0 Å². The molecule has 1 N–H and O–H groups in total. The lowest BCUT2D eigenvalue weighted by molar-refractivity contribution is -0.157. The average molecular weight is 1260 g/mol. The maximum atomic E-state index is 15.3. The molecule has 0 radical (unpaired) electrons. The topological polar surface area (TPSA) is 266 Å². The molecular weight excluding hydrogens is 1140 g/mol. The number of nitrogens with one attached hydrogen (secondary N) is 1. The minimum absolute atomic E-state index is 0.0272. The van der Waals surface area contributed by atoms with E-state index in [1.807, 2.05) is 55.4 Å². The van der Waals surface area contributed by atoms with E-state index in [9.17, 15) is 38.4 Å². The lowest BCUT2D eigenvalue weighted by atomic mass is 9.81. The monoisotopic (exact) mass is 1260 g/mol. The van der Waals surface area contributed by atoms with Crippen LogP contribution in [0.15, 0.2) is 0 Å². The minimum Gasteiger partial charge on any atom is -0.463 e. The molecule has 1 aliphatic heterocycles. The van der Waals surface area contributed by atoms with Crippen LogP contribution in [0.1, 0.15) is 182 Å². The predicted octanol–water partition coefficient (Wildman–Crippen LogP) is 6.37. The molecule has 1 rings (SSSR count). The van der Waals surface area contributed by atoms with Gasteiger partial charge in [0.05, 0.1) is 18.1 Å². The average Bonchev–Trinajstić information content (AvgIpc) is 2.48. The highest BCUT2D eigenvalue weighted by molar-refractivity contribution is 6.00. The van der Waals surface area contributed by atoms with Gasteiger partial charge in [-0.1, -0.05) is 111 Å². The molecule has 13 atom stereocenters. The molecule has 1 saturated heterocycles. The van der Waals surface area contributed by atoms with Crippen LogP contribution in [0, 0.1) is 65.1 Å². The van der Waals surface area contributed by atoms with Crippen molar-refractivity contribution in [3.8, 4) is 0 Å². The van der Waals surface area contributed by atoms with E-state index in [0.29, 0.717) is 0 Å². The molecule has 1 heterocycles. The number of hydrogen-bond donors (Lipinski definition) is 1. The Morgan fingerprint density at radius 1 is 0.483 bits per heavy atom. The van der Waals surface area contributed by atoms with Crippen LogP contribution in [0.3, 0.4) is 0 Å². The number of ether oxygens (including phenoxy) is 1. The van der Waals surface area contributed by atoms with Crippen molar-refractivity contribution in [2.45, 2.75) is 231 Å². The van der Waals surface area contributed by atoms with Gasteiger partial charge in [-0.2, -0.15) is 0 Å². The summed E-state index contributed by atoms with van der Waals surface area (Å²) in [6.45, 7) is 30.8. The van der Waals surface area contributed by atoms with Gasteiger partial charge in [0.15, 0.2) is 17.3 Å². The molecule has 89 heavy (non-hydrogen) atoms. The molecule has 8 amide bonds. The van der Waals surface area contributed by atoms with Crippen molar-refractivity contribution in [3.05, 3.63) is 0 Å². The summed E-state index contributed by atoms with van der Waals surface area (Å²) in [5, 5.41) is 2.74. The molecule has 1 aliphatic rings. The van der Waals surface area contributed by atoms with E-state index in [-0.39, 0.29) is 75.0 Å². The highest BCUT2D eigenvalue weighted by Crippen LogP contribution is 2.31. The summed E-state index contributed by atoms with van der Waals surface area (Å²) in [5.41, 5.74) is 0. The number of nitrogens with zero attached hydrogens (tertiary/aromatic N) is 7. The van der Waals surface area contributed by atoms with Crippen molar-refractivity contribution in [2.75, 3.05) is 55.9 Å². The number of hydrogen-bond acceptors (Lipinski definition) is 14. The van der Waals surface area contributed by atoms with Crippen molar-refractivity contribution in [3.63, 3.8) is 0 Å². The number of carbonyl (C=O) groups excluding carboxylic acids is 13. The molecule has 0 unspecified atom stereocenters. The number of likely N-dealkylation sites (N-methyl/N-ethyl adjacent to an activating group) is 7. The van der Waals surface area contributed by atoms with E-state index in [1.165, 1.54) is 92.6 Å². The van der Waals surface area contributed by atoms with Gasteiger partial charge in [0.25, 0.3) is 0 Å². The van der Waals surface area contributed by atoms with Gasteiger partial charge in [-0.05, 0) is 86.4 Å². The SMILES string of the molecule is CC[C@H]1CC(=O)[C@@H]([C@H](C)[C@H](C)CC=O)N(C)C(=O)[C@@H](C(C)C)N(C)C(=O)[C@@H](CC(C)C)N(C)C(=O)[C@@H](CC(C)C)N(C)C(=O)[C@H](C)NC(=O)[C@@H](C)CC(=O)[C@@H](CC(C)C)N(C)C(=O)[C@@H](C(C)C)CC(=O)[C@H](CC(C)C)N(C)C(=O)[C@@H](COC(C)=O)N(C)C1=O. The first kappa shape index (κ1) is 80.9. The molecular formula is C67H116N8O14. The van der Waals surface area contributed by atoms with Gasteiger partial charge in [0, 0.05) is 99.7 Å². The number of ketones is 3. The first-order valence-electron chi connectivity index (χ1n) is 32.4. The second-order valence-corrected chi connectivity index (χ2v) is 28.0. The van der Waals surface area contributed by atoms with E-state index in [1.54, 1.807) is 48.5 Å². The van der Waals surface area contributed by atoms with Gasteiger partial charge in [0.2, 0.25) is 47.3 Å². The Hall–Kier alpha value is -6.09. The third-order valence-corrected chi connectivity index (χ3v) is 18.0. The molecule has 0 aromatic heterocycles. The van der Waals surface area contributed by atoms with Crippen LogP contribution in [0.2, 0.25) is 0 Å². The Morgan fingerprint density at radius 3 is 1.30 bits per heavy atom. The number of carbonyl (C=O) groups is 13. The number of aldehydes is 1. The second kappa shape index (κ2) is 36.7. The lowest BCUT2D eigenvalue weighted by Crippen LogP contribution is -2.61. The highest BCUT2D eigenvalue weighted by atomic mass is 16.5. The second-order valence-electron chi connectivity index (χ2n) is 28.0. The first-order valence-corrected chi connectivity index (χ1v) is 32.4. The fraction of sp³-hybridized carbons (Fsp3) is 0.806. The lowest BCUT2D eigenvalue weighted by Gasteiger charge is -2.42. The maximum absolute atomic E-state index is 15.3. The van der Waals surface area contributed by atoms with Gasteiger partial charge in [-0.25, -0.2) is 0 Å². The first-order chi connectivity index (χ1) is 41.0. The van der Waals surface area contributed by atoms with E-state index in [2.05, 4.69) is 5.32 Å². The van der Waals surface area contributed by atoms with Crippen molar-refractivity contribution < 1.29 is 67.1 Å².